The van der Waals surface area contributed by atoms with Crippen LogP contribution in [0.5, 0.6) is 0 Å². The maximum atomic E-state index is 10.5. The van der Waals surface area contributed by atoms with Crippen molar-refractivity contribution in [2.24, 2.45) is 22.4 Å². The quantitative estimate of drug-likeness (QED) is 0.348. The van der Waals surface area contributed by atoms with Crippen LogP contribution in [0.3, 0.4) is 0 Å². The molecule has 88 valence electrons. The molecule has 0 amide bonds. The van der Waals surface area contributed by atoms with Crippen LogP contribution >= 0.6 is 0 Å². The molecule has 6 heteroatoms. The highest BCUT2D eigenvalue weighted by molar-refractivity contribution is 5.77. The third-order valence-corrected chi connectivity index (χ3v) is 2.12. The van der Waals surface area contributed by atoms with Crippen molar-refractivity contribution >= 4 is 11.9 Å². The molecule has 0 saturated carbocycles. The summed E-state index contributed by atoms with van der Waals surface area (Å²) in [6.45, 7) is 4.92. The van der Waals surface area contributed by atoms with Crippen LogP contribution in [0.1, 0.15) is 20.3 Å². The number of carbonyl (C=O) groups is 1. The summed E-state index contributed by atoms with van der Waals surface area (Å²) in [5.41, 5.74) is 10.9. The van der Waals surface area contributed by atoms with Gasteiger partial charge in [0.25, 0.3) is 0 Å². The van der Waals surface area contributed by atoms with E-state index < -0.39 is 12.0 Å². The summed E-state index contributed by atoms with van der Waals surface area (Å²) in [4.78, 5) is 14.6. The van der Waals surface area contributed by atoms with E-state index in [1.54, 1.807) is 6.92 Å². The molecule has 6 N–H and O–H groups in total. The van der Waals surface area contributed by atoms with E-state index in [0.717, 1.165) is 6.54 Å². The fourth-order valence-electron chi connectivity index (χ4n) is 1.05. The average molecular weight is 216 g/mol. The Bertz CT molecular complexity index is 230. The Morgan fingerprint density at radius 1 is 1.60 bits per heavy atom. The molecule has 0 saturated heterocycles. The van der Waals surface area contributed by atoms with Gasteiger partial charge in [0.1, 0.15) is 6.04 Å². The zero-order valence-electron chi connectivity index (χ0n) is 9.23. The lowest BCUT2D eigenvalue weighted by atomic mass is 9.99. The van der Waals surface area contributed by atoms with Crippen LogP contribution in [0.15, 0.2) is 4.99 Å². The largest absolute Gasteiger partial charge is 0.480 e. The third kappa shape index (κ3) is 5.90. The Hall–Kier alpha value is -1.30. The average Bonchev–Trinajstić information content (AvgIpc) is 2.16. The molecule has 2 atom stereocenters. The van der Waals surface area contributed by atoms with Gasteiger partial charge in [-0.25, -0.2) is 0 Å². The monoisotopic (exact) mass is 216 g/mol. The SMILES string of the molecule is CCNC(N)=NCCC(C)C(N)C(=O)O. The van der Waals surface area contributed by atoms with E-state index in [1.165, 1.54) is 0 Å². The van der Waals surface area contributed by atoms with Gasteiger partial charge in [0, 0.05) is 13.1 Å². The van der Waals surface area contributed by atoms with Crippen molar-refractivity contribution in [1.82, 2.24) is 5.32 Å². The molecule has 0 aliphatic heterocycles. The Kier molecular flexibility index (Phi) is 6.44. The van der Waals surface area contributed by atoms with Gasteiger partial charge >= 0.3 is 5.97 Å². The van der Waals surface area contributed by atoms with E-state index in [2.05, 4.69) is 10.3 Å². The number of hydrogen-bond donors (Lipinski definition) is 4. The molecule has 0 aromatic carbocycles. The first-order chi connectivity index (χ1) is 6.99. The van der Waals surface area contributed by atoms with E-state index >= 15 is 0 Å². The number of carboxylic acids is 1. The number of nitrogens with zero attached hydrogens (tertiary/aromatic N) is 1. The molecular formula is C9H20N4O2. The number of nitrogens with one attached hydrogen (secondary N) is 1. The molecule has 0 aromatic heterocycles. The van der Waals surface area contributed by atoms with Gasteiger partial charge in [0.15, 0.2) is 5.96 Å². The molecule has 0 bridgehead atoms. The first-order valence-electron chi connectivity index (χ1n) is 5.01. The van der Waals surface area contributed by atoms with Crippen molar-refractivity contribution in [3.8, 4) is 0 Å². The molecule has 15 heavy (non-hydrogen) atoms. The second-order valence-corrected chi connectivity index (χ2v) is 3.43. The number of nitrogens with two attached hydrogens (primary N) is 2. The molecule has 0 radical (unpaired) electrons. The summed E-state index contributed by atoms with van der Waals surface area (Å²) in [6.07, 6.45) is 0.611. The van der Waals surface area contributed by atoms with E-state index in [1.807, 2.05) is 6.92 Å². The van der Waals surface area contributed by atoms with Crippen molar-refractivity contribution in [2.45, 2.75) is 26.3 Å². The minimum atomic E-state index is -0.980. The first kappa shape index (κ1) is 13.7. The highest BCUT2D eigenvalue weighted by atomic mass is 16.4. The molecule has 0 aliphatic carbocycles. The van der Waals surface area contributed by atoms with Crippen molar-refractivity contribution in [3.05, 3.63) is 0 Å². The van der Waals surface area contributed by atoms with Crippen LogP contribution < -0.4 is 16.8 Å². The van der Waals surface area contributed by atoms with Gasteiger partial charge in [0.05, 0.1) is 0 Å². The van der Waals surface area contributed by atoms with E-state index in [-0.39, 0.29) is 5.92 Å². The number of aliphatic imine (C=N–C) groups is 1. The topological polar surface area (TPSA) is 114 Å². The Balaban J connectivity index is 3.85. The lowest BCUT2D eigenvalue weighted by Gasteiger charge is -2.14. The van der Waals surface area contributed by atoms with Gasteiger partial charge in [-0.3, -0.25) is 9.79 Å². The lowest BCUT2D eigenvalue weighted by Crippen LogP contribution is -2.37. The molecule has 0 heterocycles. The second-order valence-electron chi connectivity index (χ2n) is 3.43. The maximum Gasteiger partial charge on any atom is 0.320 e. The van der Waals surface area contributed by atoms with Crippen LogP contribution in [-0.2, 0) is 4.79 Å². The number of rotatable bonds is 6. The van der Waals surface area contributed by atoms with Crippen LogP contribution in [0.2, 0.25) is 0 Å². The van der Waals surface area contributed by atoms with Crippen molar-refractivity contribution in [3.63, 3.8) is 0 Å². The maximum absolute atomic E-state index is 10.5. The zero-order chi connectivity index (χ0) is 11.8. The molecular weight excluding hydrogens is 196 g/mol. The van der Waals surface area contributed by atoms with Crippen LogP contribution in [0.25, 0.3) is 0 Å². The summed E-state index contributed by atoms with van der Waals surface area (Å²) >= 11 is 0. The smallest absolute Gasteiger partial charge is 0.320 e. The predicted molar refractivity (Wildman–Crippen MR) is 59.6 cm³/mol. The predicted octanol–water partition coefficient (Wildman–Crippen LogP) is -0.651. The first-order valence-corrected chi connectivity index (χ1v) is 5.01. The highest BCUT2D eigenvalue weighted by Gasteiger charge is 2.19. The van der Waals surface area contributed by atoms with E-state index in [0.29, 0.717) is 18.9 Å². The fraction of sp³-hybridized carbons (Fsp3) is 0.778. The normalized spacial score (nSPS) is 15.8. The highest BCUT2D eigenvalue weighted by Crippen LogP contribution is 2.06. The standard InChI is InChI=1S/C9H20N4O2/c1-3-12-9(11)13-5-4-6(2)7(10)8(14)15/h6-7H,3-5,10H2,1-2H3,(H,14,15)(H3,11,12,13). The Morgan fingerprint density at radius 3 is 2.67 bits per heavy atom. The molecule has 0 spiro atoms. The van der Waals surface area contributed by atoms with Crippen molar-refractivity contribution in [2.75, 3.05) is 13.1 Å². The zero-order valence-corrected chi connectivity index (χ0v) is 9.23. The molecule has 0 rings (SSSR count). The molecule has 2 unspecified atom stereocenters. The molecule has 0 aliphatic rings. The third-order valence-electron chi connectivity index (χ3n) is 2.12. The number of aliphatic carboxylic acids is 1. The molecule has 6 nitrogen and oxygen atoms in total. The van der Waals surface area contributed by atoms with Gasteiger partial charge in [0.2, 0.25) is 0 Å². The summed E-state index contributed by atoms with van der Waals surface area (Å²) in [5.74, 6) is -0.708. The number of hydrogen-bond acceptors (Lipinski definition) is 3. The van der Waals surface area contributed by atoms with Gasteiger partial charge in [-0.15, -0.1) is 0 Å². The molecule has 0 aromatic rings. The van der Waals surface area contributed by atoms with Gasteiger partial charge in [-0.2, -0.15) is 0 Å². The summed E-state index contributed by atoms with van der Waals surface area (Å²) < 4.78 is 0. The second kappa shape index (κ2) is 7.05. The van der Waals surface area contributed by atoms with E-state index in [4.69, 9.17) is 16.6 Å². The van der Waals surface area contributed by atoms with Gasteiger partial charge in [-0.05, 0) is 19.3 Å². The summed E-state index contributed by atoms with van der Waals surface area (Å²) in [7, 11) is 0. The summed E-state index contributed by atoms with van der Waals surface area (Å²) in [5, 5.41) is 11.5. The summed E-state index contributed by atoms with van der Waals surface area (Å²) in [6, 6.07) is -0.833. The van der Waals surface area contributed by atoms with Gasteiger partial charge in [-0.1, -0.05) is 6.92 Å². The van der Waals surface area contributed by atoms with Crippen molar-refractivity contribution < 1.29 is 9.90 Å². The minimum Gasteiger partial charge on any atom is -0.480 e. The minimum absolute atomic E-state index is 0.110. The fourth-order valence-corrected chi connectivity index (χ4v) is 1.05. The van der Waals surface area contributed by atoms with Crippen LogP contribution in [0.4, 0.5) is 0 Å². The van der Waals surface area contributed by atoms with E-state index in [9.17, 15) is 4.79 Å². The lowest BCUT2D eigenvalue weighted by molar-refractivity contribution is -0.139. The number of guanidine groups is 1. The number of carboxylic acid groups (broad SMARTS) is 1. The Labute approximate surface area is 89.7 Å². The van der Waals surface area contributed by atoms with Crippen molar-refractivity contribution in [1.29, 1.82) is 0 Å². The van der Waals surface area contributed by atoms with Crippen LogP contribution in [0, 0.1) is 5.92 Å². The Morgan fingerprint density at radius 2 is 2.20 bits per heavy atom. The van der Waals surface area contributed by atoms with Crippen LogP contribution in [-0.4, -0.2) is 36.2 Å². The van der Waals surface area contributed by atoms with Gasteiger partial charge < -0.3 is 21.9 Å². The molecule has 0 fully saturated rings.